The molecule has 0 saturated heterocycles. The van der Waals surface area contributed by atoms with Crippen LogP contribution in [-0.2, 0) is 12.8 Å². The first kappa shape index (κ1) is 25.7. The minimum atomic E-state index is -2.83. The second-order valence-corrected chi connectivity index (χ2v) is 13.8. The van der Waals surface area contributed by atoms with Crippen LogP contribution < -0.4 is 15.6 Å². The average Bonchev–Trinajstić information content (AvgIpc) is 2.99. The molecule has 1 atom stereocenters. The van der Waals surface area contributed by atoms with Crippen LogP contribution in [0.15, 0.2) is 163 Å². The van der Waals surface area contributed by atoms with Gasteiger partial charge in [-0.1, -0.05) is 152 Å². The number of rotatable bonds is 10. The molecule has 0 fully saturated rings. The first-order valence-electron chi connectivity index (χ1n) is 13.3. The molecule has 0 aromatic heterocycles. The van der Waals surface area contributed by atoms with Crippen molar-refractivity contribution in [1.82, 2.24) is 0 Å². The quantitative estimate of drug-likeness (QED) is 0.188. The molecule has 1 N–H and O–H groups in total. The summed E-state index contributed by atoms with van der Waals surface area (Å²) in [4.78, 5) is 0. The van der Waals surface area contributed by atoms with E-state index in [1.807, 2.05) is 12.1 Å². The average molecular weight is 511 g/mol. The highest BCUT2D eigenvalue weighted by Gasteiger charge is 2.45. The summed E-state index contributed by atoms with van der Waals surface area (Å²) in [5.74, 6) is -0.0182. The Bertz CT molecular complexity index is 1280. The molecule has 188 valence electrons. The first-order chi connectivity index (χ1) is 18.7. The Morgan fingerprint density at radius 3 is 1.11 bits per heavy atom. The third kappa shape index (κ3) is 5.33. The van der Waals surface area contributed by atoms with E-state index >= 15 is 0 Å². The highest BCUT2D eigenvalue weighted by atomic mass is 28.3. The summed E-state index contributed by atoms with van der Waals surface area (Å²) in [6.07, 6.45) is 0.861. The van der Waals surface area contributed by atoms with E-state index in [2.05, 4.69) is 140 Å². The van der Waals surface area contributed by atoms with Gasteiger partial charge < -0.3 is 5.11 Å². The fourth-order valence-electron chi connectivity index (χ4n) is 5.76. The molecule has 0 amide bonds. The highest BCUT2D eigenvalue weighted by molar-refractivity contribution is 7.16. The van der Waals surface area contributed by atoms with E-state index in [9.17, 15) is 5.11 Å². The van der Waals surface area contributed by atoms with Gasteiger partial charge in [-0.15, -0.1) is 6.58 Å². The van der Waals surface area contributed by atoms with Crippen LogP contribution in [0.25, 0.3) is 0 Å². The maximum atomic E-state index is 12.4. The normalized spacial score (nSPS) is 12.3. The molecule has 0 bridgehead atoms. The van der Waals surface area contributed by atoms with E-state index in [-0.39, 0.29) is 5.92 Å². The predicted molar refractivity (Wildman–Crippen MR) is 163 cm³/mol. The summed E-state index contributed by atoms with van der Waals surface area (Å²) in [7, 11) is -2.83. The Hall–Kier alpha value is -3.98. The van der Waals surface area contributed by atoms with Crippen molar-refractivity contribution in [2.75, 3.05) is 0 Å². The van der Waals surface area contributed by atoms with Gasteiger partial charge in [-0.3, -0.25) is 0 Å². The van der Waals surface area contributed by atoms with Gasteiger partial charge in [-0.05, 0) is 50.6 Å². The molecular weight excluding hydrogens is 476 g/mol. The van der Waals surface area contributed by atoms with Crippen molar-refractivity contribution in [2.45, 2.75) is 18.9 Å². The Morgan fingerprint density at radius 1 is 0.500 bits per heavy atom. The minimum absolute atomic E-state index is 0.0182. The lowest BCUT2D eigenvalue weighted by atomic mass is 9.88. The molecule has 0 saturated carbocycles. The topological polar surface area (TPSA) is 20.2 Å². The number of benzene rings is 5. The number of hydrogen-bond acceptors (Lipinski definition) is 1. The molecule has 5 aromatic rings. The lowest BCUT2D eigenvalue weighted by Gasteiger charge is -2.39. The van der Waals surface area contributed by atoms with Gasteiger partial charge in [-0.25, -0.2) is 0 Å². The van der Waals surface area contributed by atoms with Crippen molar-refractivity contribution < 1.29 is 5.11 Å². The molecule has 0 heterocycles. The van der Waals surface area contributed by atoms with Crippen LogP contribution in [0.4, 0.5) is 0 Å². The summed E-state index contributed by atoms with van der Waals surface area (Å²) in [6, 6.07) is 53.1. The fraction of sp³-hybridized carbons (Fsp3) is 0.111. The van der Waals surface area contributed by atoms with Crippen LogP contribution in [0.2, 0.25) is 0 Å². The first-order valence-corrected chi connectivity index (χ1v) is 15.3. The molecule has 5 aromatic carbocycles. The molecule has 0 spiro atoms. The molecule has 5 rings (SSSR count). The highest BCUT2D eigenvalue weighted by Crippen LogP contribution is 2.28. The van der Waals surface area contributed by atoms with Gasteiger partial charge in [0.15, 0.2) is 8.07 Å². The van der Waals surface area contributed by atoms with E-state index in [1.54, 1.807) is 0 Å². The largest absolute Gasteiger partial charge is 0.389 e. The lowest BCUT2D eigenvalue weighted by molar-refractivity contribution is 0.147. The van der Waals surface area contributed by atoms with Crippen LogP contribution in [0.5, 0.6) is 0 Å². The SMILES string of the molecule is C=C(C(O)C(Cc1ccccc1)Cc1ccccc1)[Si](c1ccccc1)(c1ccccc1)c1ccccc1. The predicted octanol–water partition coefficient (Wildman–Crippen LogP) is 5.71. The zero-order valence-corrected chi connectivity index (χ0v) is 22.7. The van der Waals surface area contributed by atoms with Crippen LogP contribution in [0.1, 0.15) is 11.1 Å². The molecule has 1 nitrogen and oxygen atoms in total. The molecule has 0 radical (unpaired) electrons. The minimum Gasteiger partial charge on any atom is -0.389 e. The van der Waals surface area contributed by atoms with Gasteiger partial charge >= 0.3 is 0 Å². The van der Waals surface area contributed by atoms with Crippen molar-refractivity contribution in [3.63, 3.8) is 0 Å². The summed E-state index contributed by atoms with van der Waals surface area (Å²) >= 11 is 0. The van der Waals surface area contributed by atoms with Gasteiger partial charge in [-0.2, -0.15) is 0 Å². The molecule has 2 heteroatoms. The number of hydrogen-bond donors (Lipinski definition) is 1. The summed E-state index contributed by atoms with van der Waals surface area (Å²) in [6.45, 7) is 4.77. The molecule has 0 aliphatic heterocycles. The van der Waals surface area contributed by atoms with E-state index < -0.39 is 14.2 Å². The number of aliphatic hydroxyl groups excluding tert-OH is 1. The Kier molecular flexibility index (Phi) is 8.13. The van der Waals surface area contributed by atoms with E-state index in [4.69, 9.17) is 6.58 Å². The molecule has 0 aliphatic rings. The second-order valence-electron chi connectivity index (χ2n) is 9.96. The third-order valence-electron chi connectivity index (χ3n) is 7.59. The summed E-state index contributed by atoms with van der Waals surface area (Å²) in [5, 5.41) is 17.0. The maximum Gasteiger partial charge on any atom is 0.177 e. The standard InChI is InChI=1S/C36H34OSi/c1-29(36(37)32(27-30-17-7-2-8-18-30)28-31-19-9-3-10-20-31)38(33-21-11-4-12-22-33,34-23-13-5-14-24-34)35-25-15-6-16-26-35/h2-26,32,36-37H,1,27-28H2. The van der Waals surface area contributed by atoms with Gasteiger partial charge in [0.2, 0.25) is 0 Å². The van der Waals surface area contributed by atoms with E-state index in [0.717, 1.165) is 18.0 Å². The molecule has 0 aliphatic carbocycles. The third-order valence-corrected chi connectivity index (χ3v) is 12.4. The zero-order valence-electron chi connectivity index (χ0n) is 21.7. The Morgan fingerprint density at radius 2 is 0.789 bits per heavy atom. The van der Waals surface area contributed by atoms with Gasteiger partial charge in [0.1, 0.15) is 0 Å². The number of aliphatic hydroxyl groups is 1. The Labute approximate surface area is 227 Å². The van der Waals surface area contributed by atoms with Gasteiger partial charge in [0, 0.05) is 0 Å². The summed E-state index contributed by atoms with van der Waals surface area (Å²) in [5.41, 5.74) is 2.46. The lowest BCUT2D eigenvalue weighted by Crippen LogP contribution is -2.70. The van der Waals surface area contributed by atoms with Crippen molar-refractivity contribution in [3.8, 4) is 0 Å². The Balaban J connectivity index is 1.66. The summed E-state index contributed by atoms with van der Waals surface area (Å²) < 4.78 is 0. The fourth-order valence-corrected chi connectivity index (χ4v) is 10.6. The van der Waals surface area contributed by atoms with Crippen molar-refractivity contribution in [3.05, 3.63) is 175 Å². The zero-order chi connectivity index (χ0) is 26.2. The van der Waals surface area contributed by atoms with Crippen molar-refractivity contribution in [1.29, 1.82) is 0 Å². The maximum absolute atomic E-state index is 12.4. The second kappa shape index (κ2) is 12.0. The molecule has 1 unspecified atom stereocenters. The molecular formula is C36H34OSi. The van der Waals surface area contributed by atoms with Gasteiger partial charge in [0.05, 0.1) is 6.10 Å². The van der Waals surface area contributed by atoms with Crippen LogP contribution >= 0.6 is 0 Å². The molecule has 38 heavy (non-hydrogen) atoms. The monoisotopic (exact) mass is 510 g/mol. The van der Waals surface area contributed by atoms with Crippen LogP contribution in [0, 0.1) is 5.92 Å². The van der Waals surface area contributed by atoms with Crippen molar-refractivity contribution >= 4 is 23.6 Å². The van der Waals surface area contributed by atoms with Gasteiger partial charge in [0.25, 0.3) is 0 Å². The smallest absolute Gasteiger partial charge is 0.177 e. The van der Waals surface area contributed by atoms with Crippen LogP contribution in [-0.4, -0.2) is 19.3 Å². The van der Waals surface area contributed by atoms with Crippen molar-refractivity contribution in [2.24, 2.45) is 5.92 Å². The van der Waals surface area contributed by atoms with E-state index in [1.165, 1.54) is 26.7 Å². The van der Waals surface area contributed by atoms with E-state index in [0.29, 0.717) is 0 Å². The van der Waals surface area contributed by atoms with Crippen LogP contribution in [0.3, 0.4) is 0 Å².